The zero-order valence-corrected chi connectivity index (χ0v) is 9.79. The number of esters is 2. The number of allylic oxidation sites excluding steroid dienone is 1. The van der Waals surface area contributed by atoms with Gasteiger partial charge in [-0.25, -0.2) is 9.59 Å². The van der Waals surface area contributed by atoms with Crippen LogP contribution < -0.4 is 0 Å². The molecule has 0 aromatic heterocycles. The number of carbonyl (C=O) groups excluding carboxylic acids is 2. The highest BCUT2D eigenvalue weighted by Crippen LogP contribution is 2.36. The molecule has 3 atom stereocenters. The van der Waals surface area contributed by atoms with Crippen molar-refractivity contribution in [3.05, 3.63) is 35.6 Å². The summed E-state index contributed by atoms with van der Waals surface area (Å²) in [5, 5.41) is 0. The lowest BCUT2D eigenvalue weighted by atomic mass is 9.99. The summed E-state index contributed by atoms with van der Waals surface area (Å²) in [5.41, 5.74) is 1.01. The van der Waals surface area contributed by atoms with Gasteiger partial charge in [-0.2, -0.15) is 0 Å². The van der Waals surface area contributed by atoms with E-state index in [1.54, 1.807) is 13.0 Å². The molecule has 0 spiro atoms. The molecule has 0 aromatic carbocycles. The summed E-state index contributed by atoms with van der Waals surface area (Å²) in [6.07, 6.45) is 6.64. The first kappa shape index (κ1) is 11.1. The maximum Gasteiger partial charge on any atom is 0.338 e. The number of hydrogen-bond donors (Lipinski definition) is 0. The molecule has 0 bridgehead atoms. The molecule has 1 saturated heterocycles. The minimum absolute atomic E-state index is 0.0275. The van der Waals surface area contributed by atoms with Crippen LogP contribution in [0.2, 0.25) is 0 Å². The van der Waals surface area contributed by atoms with Gasteiger partial charge in [0.05, 0.1) is 11.8 Å². The number of hydrogen-bond acceptors (Lipinski definition) is 5. The highest BCUT2D eigenvalue weighted by molar-refractivity contribution is 5.92. The summed E-state index contributed by atoms with van der Waals surface area (Å²) >= 11 is 0. The lowest BCUT2D eigenvalue weighted by Crippen LogP contribution is -2.12. The molecule has 18 heavy (non-hydrogen) atoms. The molecule has 2 aliphatic heterocycles. The van der Waals surface area contributed by atoms with Crippen molar-refractivity contribution in [3.63, 3.8) is 0 Å². The normalized spacial score (nSPS) is 35.5. The zero-order chi connectivity index (χ0) is 12.7. The fourth-order valence-corrected chi connectivity index (χ4v) is 2.24. The van der Waals surface area contributed by atoms with E-state index in [0.717, 1.165) is 6.42 Å². The third-order valence-electron chi connectivity index (χ3n) is 3.25. The van der Waals surface area contributed by atoms with Crippen molar-refractivity contribution in [2.45, 2.75) is 25.7 Å². The molecule has 0 amide bonds. The van der Waals surface area contributed by atoms with Crippen molar-refractivity contribution in [2.24, 2.45) is 5.92 Å². The third kappa shape index (κ3) is 1.72. The molecule has 0 radical (unpaired) electrons. The van der Waals surface area contributed by atoms with Crippen molar-refractivity contribution >= 4 is 11.9 Å². The Labute approximate surface area is 104 Å². The van der Waals surface area contributed by atoms with E-state index in [0.29, 0.717) is 11.1 Å². The SMILES string of the molecule is CC1=CC(OC=C2C(=O)O[C@H]3C=CC[C@H]23)OC1=O. The van der Waals surface area contributed by atoms with Crippen molar-refractivity contribution in [1.82, 2.24) is 0 Å². The van der Waals surface area contributed by atoms with E-state index >= 15 is 0 Å². The molecular formula is C13H12O5. The molecule has 5 nitrogen and oxygen atoms in total. The Kier molecular flexibility index (Phi) is 2.47. The van der Waals surface area contributed by atoms with Gasteiger partial charge in [-0.3, -0.25) is 0 Å². The number of fused-ring (bicyclic) bond motifs is 1. The van der Waals surface area contributed by atoms with Gasteiger partial charge in [0.25, 0.3) is 6.29 Å². The van der Waals surface area contributed by atoms with Crippen LogP contribution in [0.3, 0.4) is 0 Å². The van der Waals surface area contributed by atoms with Gasteiger partial charge in [0.15, 0.2) is 0 Å². The second kappa shape index (κ2) is 4.01. The average molecular weight is 248 g/mol. The Hall–Kier alpha value is -2.04. The van der Waals surface area contributed by atoms with Gasteiger partial charge in [0, 0.05) is 17.6 Å². The predicted octanol–water partition coefficient (Wildman–Crippen LogP) is 1.22. The molecule has 2 heterocycles. The number of cyclic esters (lactones) is 1. The molecule has 94 valence electrons. The minimum atomic E-state index is -0.744. The van der Waals surface area contributed by atoms with Crippen molar-refractivity contribution < 1.29 is 23.8 Å². The van der Waals surface area contributed by atoms with Crippen LogP contribution >= 0.6 is 0 Å². The van der Waals surface area contributed by atoms with Gasteiger partial charge in [0.2, 0.25) is 0 Å². The summed E-state index contributed by atoms with van der Waals surface area (Å²) in [6.45, 7) is 1.65. The average Bonchev–Trinajstić information content (AvgIpc) is 2.94. The van der Waals surface area contributed by atoms with Gasteiger partial charge in [-0.1, -0.05) is 6.08 Å². The largest absolute Gasteiger partial charge is 0.458 e. The standard InChI is InChI=1S/C13H12O5/c1-7-5-11(18-12(7)14)16-6-9-8-3-2-4-10(8)17-13(9)15/h2,4-6,8,10-11H,3H2,1H3/t8-,10+,11?/m1/s1. The lowest BCUT2D eigenvalue weighted by molar-refractivity contribution is -0.152. The van der Waals surface area contributed by atoms with Crippen molar-refractivity contribution in [3.8, 4) is 0 Å². The molecular weight excluding hydrogens is 236 g/mol. The van der Waals surface area contributed by atoms with E-state index in [1.807, 2.05) is 12.2 Å². The zero-order valence-electron chi connectivity index (χ0n) is 9.79. The molecule has 0 N–H and O–H groups in total. The Morgan fingerprint density at radius 3 is 2.89 bits per heavy atom. The first-order valence-corrected chi connectivity index (χ1v) is 5.78. The van der Waals surface area contributed by atoms with E-state index in [9.17, 15) is 9.59 Å². The van der Waals surface area contributed by atoms with E-state index in [1.165, 1.54) is 6.26 Å². The van der Waals surface area contributed by atoms with Crippen LogP contribution in [-0.2, 0) is 23.8 Å². The second-order valence-corrected chi connectivity index (χ2v) is 4.47. The monoisotopic (exact) mass is 248 g/mol. The molecule has 3 aliphatic rings. The molecule has 3 rings (SSSR count). The highest BCUT2D eigenvalue weighted by Gasteiger charge is 2.40. The molecule has 0 aromatic rings. The van der Waals surface area contributed by atoms with Gasteiger partial charge in [0.1, 0.15) is 6.10 Å². The Morgan fingerprint density at radius 1 is 1.33 bits per heavy atom. The maximum absolute atomic E-state index is 11.6. The van der Waals surface area contributed by atoms with E-state index in [-0.39, 0.29) is 18.0 Å². The molecule has 1 fully saturated rings. The fraction of sp³-hybridized carbons (Fsp3) is 0.385. The fourth-order valence-electron chi connectivity index (χ4n) is 2.24. The van der Waals surface area contributed by atoms with Crippen LogP contribution in [0.5, 0.6) is 0 Å². The first-order chi connectivity index (χ1) is 8.65. The quantitative estimate of drug-likeness (QED) is 0.318. The van der Waals surface area contributed by atoms with E-state index < -0.39 is 12.3 Å². The summed E-state index contributed by atoms with van der Waals surface area (Å²) in [7, 11) is 0. The smallest absolute Gasteiger partial charge is 0.338 e. The molecule has 0 saturated carbocycles. The van der Waals surface area contributed by atoms with Gasteiger partial charge >= 0.3 is 11.9 Å². The Morgan fingerprint density at radius 2 is 2.17 bits per heavy atom. The second-order valence-electron chi connectivity index (χ2n) is 4.47. The number of carbonyl (C=O) groups is 2. The van der Waals surface area contributed by atoms with Crippen molar-refractivity contribution in [1.29, 1.82) is 0 Å². The Bertz CT molecular complexity index is 500. The van der Waals surface area contributed by atoms with E-state index in [4.69, 9.17) is 14.2 Å². The summed E-state index contributed by atoms with van der Waals surface area (Å²) in [4.78, 5) is 22.7. The highest BCUT2D eigenvalue weighted by atomic mass is 16.7. The topological polar surface area (TPSA) is 61.8 Å². The molecule has 1 unspecified atom stereocenters. The van der Waals surface area contributed by atoms with Crippen LogP contribution in [0.4, 0.5) is 0 Å². The molecule has 1 aliphatic carbocycles. The third-order valence-corrected chi connectivity index (χ3v) is 3.25. The number of rotatable bonds is 2. The van der Waals surface area contributed by atoms with Crippen molar-refractivity contribution in [2.75, 3.05) is 0 Å². The van der Waals surface area contributed by atoms with Crippen LogP contribution in [0.1, 0.15) is 13.3 Å². The maximum atomic E-state index is 11.6. The Balaban J connectivity index is 1.70. The van der Waals surface area contributed by atoms with Crippen LogP contribution in [0.15, 0.2) is 35.6 Å². The first-order valence-electron chi connectivity index (χ1n) is 5.78. The minimum Gasteiger partial charge on any atom is -0.458 e. The van der Waals surface area contributed by atoms with Crippen LogP contribution in [0, 0.1) is 5.92 Å². The predicted molar refractivity (Wildman–Crippen MR) is 59.9 cm³/mol. The summed E-state index contributed by atoms with van der Waals surface area (Å²) in [5.74, 6) is -0.730. The van der Waals surface area contributed by atoms with Gasteiger partial charge in [-0.05, 0) is 19.4 Å². The van der Waals surface area contributed by atoms with Gasteiger partial charge < -0.3 is 14.2 Å². The van der Waals surface area contributed by atoms with Crippen LogP contribution in [0.25, 0.3) is 0 Å². The van der Waals surface area contributed by atoms with Gasteiger partial charge in [-0.15, -0.1) is 0 Å². The summed E-state index contributed by atoms with van der Waals surface area (Å²) < 4.78 is 15.4. The molecule has 5 heteroatoms. The lowest BCUT2D eigenvalue weighted by Gasteiger charge is -2.09. The summed E-state index contributed by atoms with van der Waals surface area (Å²) in [6, 6.07) is 0. The van der Waals surface area contributed by atoms with E-state index in [2.05, 4.69) is 0 Å². The number of ether oxygens (including phenoxy) is 3. The van der Waals surface area contributed by atoms with Crippen LogP contribution in [-0.4, -0.2) is 24.3 Å².